The van der Waals surface area contributed by atoms with Gasteiger partial charge in [-0.25, -0.2) is 4.79 Å². The van der Waals surface area contributed by atoms with Crippen LogP contribution in [-0.2, 0) is 4.74 Å². The zero-order valence-electron chi connectivity index (χ0n) is 12.1. The summed E-state index contributed by atoms with van der Waals surface area (Å²) in [4.78, 5) is 11.6. The third kappa shape index (κ3) is 5.21. The summed E-state index contributed by atoms with van der Waals surface area (Å²) in [6.45, 7) is 2.46. The molecule has 20 heavy (non-hydrogen) atoms. The third-order valence-corrected chi connectivity index (χ3v) is 3.61. The van der Waals surface area contributed by atoms with Gasteiger partial charge in [0.15, 0.2) is 0 Å². The predicted octanol–water partition coefficient (Wildman–Crippen LogP) is 3.55. The lowest BCUT2D eigenvalue weighted by Gasteiger charge is -2.26. The van der Waals surface area contributed by atoms with Crippen molar-refractivity contribution in [2.24, 2.45) is 0 Å². The Labute approximate surface area is 120 Å². The van der Waals surface area contributed by atoms with Crippen molar-refractivity contribution < 1.29 is 9.53 Å². The van der Waals surface area contributed by atoms with E-state index in [4.69, 9.17) is 4.74 Å². The molecule has 2 rings (SSSR count). The van der Waals surface area contributed by atoms with Gasteiger partial charge in [0.05, 0.1) is 0 Å². The Kier molecular flexibility index (Phi) is 5.87. The average Bonchev–Trinajstić information content (AvgIpc) is 2.47. The highest BCUT2D eigenvalue weighted by molar-refractivity contribution is 5.84. The van der Waals surface area contributed by atoms with E-state index in [0.717, 1.165) is 5.69 Å². The summed E-state index contributed by atoms with van der Waals surface area (Å²) in [5.41, 5.74) is 0.755. The van der Waals surface area contributed by atoms with Crippen molar-refractivity contribution in [1.29, 1.82) is 0 Å². The van der Waals surface area contributed by atoms with Crippen LogP contribution in [0.4, 0.5) is 10.5 Å². The van der Waals surface area contributed by atoms with Gasteiger partial charge in [-0.2, -0.15) is 0 Å². The summed E-state index contributed by atoms with van der Waals surface area (Å²) < 4.78 is 5.24. The van der Waals surface area contributed by atoms with Crippen molar-refractivity contribution in [3.05, 3.63) is 30.3 Å². The molecule has 1 unspecified atom stereocenters. The maximum absolute atomic E-state index is 11.6. The number of carbonyl (C=O) groups excluding carboxylic acids is 1. The normalized spacial score (nSPS) is 17.4. The van der Waals surface area contributed by atoms with Gasteiger partial charge >= 0.3 is 6.09 Å². The number of ether oxygens (including phenoxy) is 1. The van der Waals surface area contributed by atoms with Gasteiger partial charge < -0.3 is 10.1 Å². The maximum Gasteiger partial charge on any atom is 0.411 e. The second-order valence-corrected chi connectivity index (χ2v) is 5.49. The summed E-state index contributed by atoms with van der Waals surface area (Å²) in [6.07, 6.45) is 6.04. The molecule has 0 radical (unpaired) electrons. The molecular weight excluding hydrogens is 252 g/mol. The number of rotatable bonds is 5. The molecule has 1 aromatic carbocycles. The SMILES string of the molecule is CC(COC(=O)Nc1ccccc1)NC1CCCCC1. The molecule has 110 valence electrons. The minimum atomic E-state index is -0.395. The lowest BCUT2D eigenvalue weighted by Crippen LogP contribution is -2.40. The van der Waals surface area contributed by atoms with Crippen LogP contribution in [0.3, 0.4) is 0 Å². The van der Waals surface area contributed by atoms with Gasteiger partial charge in [0.25, 0.3) is 0 Å². The standard InChI is InChI=1S/C16H24N2O2/c1-13(17-14-8-4-2-5-9-14)12-20-16(19)18-15-10-6-3-7-11-15/h3,6-7,10-11,13-14,17H,2,4-5,8-9,12H2,1H3,(H,18,19). The van der Waals surface area contributed by atoms with E-state index in [1.165, 1.54) is 32.1 Å². The molecule has 1 fully saturated rings. The maximum atomic E-state index is 11.6. The van der Waals surface area contributed by atoms with E-state index in [2.05, 4.69) is 17.6 Å². The number of benzene rings is 1. The summed E-state index contributed by atoms with van der Waals surface area (Å²) in [6, 6.07) is 10.1. The Bertz CT molecular complexity index is 402. The lowest BCUT2D eigenvalue weighted by atomic mass is 9.95. The van der Waals surface area contributed by atoms with E-state index in [9.17, 15) is 4.79 Å². The van der Waals surface area contributed by atoms with Crippen LogP contribution in [0.15, 0.2) is 30.3 Å². The fourth-order valence-electron chi connectivity index (χ4n) is 2.60. The highest BCUT2D eigenvalue weighted by Gasteiger charge is 2.16. The number of para-hydroxylation sites is 1. The average molecular weight is 276 g/mol. The van der Waals surface area contributed by atoms with Crippen molar-refractivity contribution in [2.75, 3.05) is 11.9 Å². The van der Waals surface area contributed by atoms with Gasteiger partial charge in [-0.3, -0.25) is 5.32 Å². The predicted molar refractivity (Wildman–Crippen MR) is 80.9 cm³/mol. The Morgan fingerprint density at radius 1 is 1.25 bits per heavy atom. The van der Waals surface area contributed by atoms with Crippen molar-refractivity contribution >= 4 is 11.8 Å². The van der Waals surface area contributed by atoms with E-state index >= 15 is 0 Å². The smallest absolute Gasteiger partial charge is 0.411 e. The van der Waals surface area contributed by atoms with Crippen LogP contribution < -0.4 is 10.6 Å². The molecule has 0 saturated heterocycles. The van der Waals surface area contributed by atoms with Gasteiger partial charge in [0.2, 0.25) is 0 Å². The Morgan fingerprint density at radius 3 is 2.65 bits per heavy atom. The van der Waals surface area contributed by atoms with Crippen molar-refractivity contribution in [3.8, 4) is 0 Å². The number of anilines is 1. The molecule has 4 nitrogen and oxygen atoms in total. The van der Waals surface area contributed by atoms with Gasteiger partial charge in [-0.1, -0.05) is 37.5 Å². The quantitative estimate of drug-likeness (QED) is 0.864. The van der Waals surface area contributed by atoms with E-state index < -0.39 is 6.09 Å². The molecule has 1 aliphatic rings. The first kappa shape index (κ1) is 14.9. The summed E-state index contributed by atoms with van der Waals surface area (Å²) in [5.74, 6) is 0. The molecule has 0 bridgehead atoms. The molecule has 1 atom stereocenters. The highest BCUT2D eigenvalue weighted by Crippen LogP contribution is 2.17. The van der Waals surface area contributed by atoms with Crippen LogP contribution in [0, 0.1) is 0 Å². The number of hydrogen-bond acceptors (Lipinski definition) is 3. The van der Waals surface area contributed by atoms with Crippen LogP contribution in [0.25, 0.3) is 0 Å². The third-order valence-electron chi connectivity index (χ3n) is 3.61. The molecule has 0 aromatic heterocycles. The van der Waals surface area contributed by atoms with Gasteiger partial charge in [0.1, 0.15) is 6.61 Å². The van der Waals surface area contributed by atoms with Crippen LogP contribution >= 0.6 is 0 Å². The first-order chi connectivity index (χ1) is 9.74. The summed E-state index contributed by atoms with van der Waals surface area (Å²) in [5, 5.41) is 6.25. The van der Waals surface area contributed by atoms with E-state index in [1.807, 2.05) is 30.3 Å². The van der Waals surface area contributed by atoms with Crippen molar-refractivity contribution in [3.63, 3.8) is 0 Å². The Morgan fingerprint density at radius 2 is 1.95 bits per heavy atom. The number of hydrogen-bond donors (Lipinski definition) is 2. The van der Waals surface area contributed by atoms with Gasteiger partial charge in [-0.05, 0) is 31.9 Å². The van der Waals surface area contributed by atoms with Crippen molar-refractivity contribution in [1.82, 2.24) is 5.32 Å². The Hall–Kier alpha value is -1.55. The topological polar surface area (TPSA) is 50.4 Å². The fraction of sp³-hybridized carbons (Fsp3) is 0.562. The number of nitrogens with one attached hydrogen (secondary N) is 2. The van der Waals surface area contributed by atoms with Gasteiger partial charge in [-0.15, -0.1) is 0 Å². The zero-order chi connectivity index (χ0) is 14.2. The molecule has 0 heterocycles. The van der Waals surface area contributed by atoms with Gasteiger partial charge in [0, 0.05) is 17.8 Å². The molecule has 1 aliphatic carbocycles. The molecule has 0 aliphatic heterocycles. The molecule has 1 saturated carbocycles. The molecular formula is C16H24N2O2. The highest BCUT2D eigenvalue weighted by atomic mass is 16.5. The monoisotopic (exact) mass is 276 g/mol. The van der Waals surface area contributed by atoms with E-state index in [1.54, 1.807) is 0 Å². The number of carbonyl (C=O) groups is 1. The largest absolute Gasteiger partial charge is 0.448 e. The minimum absolute atomic E-state index is 0.194. The number of amides is 1. The van der Waals surface area contributed by atoms with E-state index in [0.29, 0.717) is 12.6 Å². The zero-order valence-corrected chi connectivity index (χ0v) is 12.1. The minimum Gasteiger partial charge on any atom is -0.448 e. The molecule has 1 aromatic rings. The second-order valence-electron chi connectivity index (χ2n) is 5.49. The first-order valence-corrected chi connectivity index (χ1v) is 7.49. The lowest BCUT2D eigenvalue weighted by molar-refractivity contribution is 0.146. The summed E-state index contributed by atoms with van der Waals surface area (Å²) in [7, 11) is 0. The fourth-order valence-corrected chi connectivity index (χ4v) is 2.60. The first-order valence-electron chi connectivity index (χ1n) is 7.49. The van der Waals surface area contributed by atoms with Crippen molar-refractivity contribution in [2.45, 2.75) is 51.1 Å². The van der Waals surface area contributed by atoms with Crippen LogP contribution in [0.5, 0.6) is 0 Å². The Balaban J connectivity index is 1.64. The molecule has 1 amide bonds. The second kappa shape index (κ2) is 7.90. The molecule has 2 N–H and O–H groups in total. The van der Waals surface area contributed by atoms with E-state index in [-0.39, 0.29) is 6.04 Å². The molecule has 4 heteroatoms. The van der Waals surface area contributed by atoms with Crippen LogP contribution in [-0.4, -0.2) is 24.8 Å². The van der Waals surface area contributed by atoms with Crippen LogP contribution in [0.1, 0.15) is 39.0 Å². The van der Waals surface area contributed by atoms with Crippen LogP contribution in [0.2, 0.25) is 0 Å². The summed E-state index contributed by atoms with van der Waals surface area (Å²) >= 11 is 0. The molecule has 0 spiro atoms.